The molecule has 0 aliphatic rings. The fourth-order valence-electron chi connectivity index (χ4n) is 1.14. The monoisotopic (exact) mass is 264 g/mol. The van der Waals surface area contributed by atoms with Crippen LogP contribution in [-0.2, 0) is 0 Å². The van der Waals surface area contributed by atoms with Gasteiger partial charge >= 0.3 is 6.18 Å². The zero-order valence-electron chi connectivity index (χ0n) is 9.40. The van der Waals surface area contributed by atoms with E-state index >= 15 is 0 Å². The van der Waals surface area contributed by atoms with E-state index in [0.29, 0.717) is 6.29 Å². The van der Waals surface area contributed by atoms with Gasteiger partial charge in [-0.1, -0.05) is 0 Å². The normalized spacial score (nSPS) is 12.9. The van der Waals surface area contributed by atoms with E-state index in [9.17, 15) is 18.0 Å². The molecule has 0 radical (unpaired) electrons. The van der Waals surface area contributed by atoms with Crippen molar-refractivity contribution in [2.45, 2.75) is 12.3 Å². The minimum atomic E-state index is -4.75. The Morgan fingerprint density at radius 2 is 2.06 bits per heavy atom. The Kier molecular flexibility index (Phi) is 4.55. The lowest BCUT2D eigenvalue weighted by molar-refractivity contribution is -0.210. The van der Waals surface area contributed by atoms with E-state index < -0.39 is 18.9 Å². The Hall–Kier alpha value is -1.76. The van der Waals surface area contributed by atoms with Gasteiger partial charge in [0.05, 0.1) is 7.11 Å². The van der Waals surface area contributed by atoms with Gasteiger partial charge in [0, 0.05) is 5.56 Å². The number of aliphatic hydroxyl groups excluding tert-OH is 1. The van der Waals surface area contributed by atoms with E-state index in [1.54, 1.807) is 0 Å². The largest absolute Gasteiger partial charge is 0.493 e. The molecule has 0 bridgehead atoms. The second kappa shape index (κ2) is 5.72. The van der Waals surface area contributed by atoms with Gasteiger partial charge in [0.2, 0.25) is 0 Å². The Morgan fingerprint density at radius 3 is 2.56 bits per heavy atom. The second-order valence-corrected chi connectivity index (χ2v) is 3.40. The number of carbonyl (C=O) groups excluding carboxylic acids is 1. The molecule has 0 aliphatic heterocycles. The van der Waals surface area contributed by atoms with Crippen LogP contribution in [0.2, 0.25) is 0 Å². The second-order valence-electron chi connectivity index (χ2n) is 3.40. The van der Waals surface area contributed by atoms with Crippen LogP contribution in [0.4, 0.5) is 13.2 Å². The van der Waals surface area contributed by atoms with Gasteiger partial charge in [-0.05, 0) is 18.2 Å². The van der Waals surface area contributed by atoms with Crippen LogP contribution >= 0.6 is 0 Å². The molecule has 1 unspecified atom stereocenters. The summed E-state index contributed by atoms with van der Waals surface area (Å²) in [5, 5.41) is 8.78. The van der Waals surface area contributed by atoms with Crippen LogP contribution < -0.4 is 9.47 Å². The molecule has 7 heteroatoms. The van der Waals surface area contributed by atoms with Crippen molar-refractivity contribution in [3.63, 3.8) is 0 Å². The summed E-state index contributed by atoms with van der Waals surface area (Å²) in [6.45, 7) is -0.970. The van der Waals surface area contributed by atoms with E-state index in [4.69, 9.17) is 14.6 Å². The fraction of sp³-hybridized carbons (Fsp3) is 0.364. The highest BCUT2D eigenvalue weighted by molar-refractivity contribution is 5.76. The predicted molar refractivity (Wildman–Crippen MR) is 55.9 cm³/mol. The highest BCUT2D eigenvalue weighted by Crippen LogP contribution is 2.29. The van der Waals surface area contributed by atoms with Gasteiger partial charge in [-0.25, -0.2) is 0 Å². The number of benzene rings is 1. The number of carbonyl (C=O) groups is 1. The predicted octanol–water partition coefficient (Wildman–Crippen LogP) is 1.81. The molecule has 18 heavy (non-hydrogen) atoms. The lowest BCUT2D eigenvalue weighted by Gasteiger charge is -2.16. The number of halogens is 3. The third-order valence-electron chi connectivity index (χ3n) is 2.10. The first-order valence-corrected chi connectivity index (χ1v) is 4.89. The summed E-state index contributed by atoms with van der Waals surface area (Å²) in [4.78, 5) is 10.5. The van der Waals surface area contributed by atoms with Gasteiger partial charge in [0.15, 0.2) is 17.6 Å². The molecule has 0 aliphatic carbocycles. The van der Waals surface area contributed by atoms with Crippen LogP contribution in [0, 0.1) is 0 Å². The van der Waals surface area contributed by atoms with E-state index in [0.717, 1.165) is 0 Å². The summed E-state index contributed by atoms with van der Waals surface area (Å²) in [6, 6.07) is 4.05. The standard InChI is InChI=1S/C11H11F3O4/c1-17-8-3-2-7(5-15)4-9(8)18-6-10(16)11(12,13)14/h2-5,10,16H,6H2,1H3. The number of ether oxygens (including phenoxy) is 2. The minimum absolute atomic E-state index is 0.0367. The molecular weight excluding hydrogens is 253 g/mol. The number of methoxy groups -OCH3 is 1. The zero-order valence-corrected chi connectivity index (χ0v) is 9.40. The van der Waals surface area contributed by atoms with Gasteiger partial charge in [0.1, 0.15) is 12.9 Å². The molecule has 4 nitrogen and oxygen atoms in total. The maximum Gasteiger partial charge on any atom is 0.417 e. The van der Waals surface area contributed by atoms with Crippen LogP contribution in [0.15, 0.2) is 18.2 Å². The van der Waals surface area contributed by atoms with Gasteiger partial charge < -0.3 is 14.6 Å². The number of aldehydes is 1. The molecule has 0 fully saturated rings. The number of rotatable bonds is 5. The summed E-state index contributed by atoms with van der Waals surface area (Å²) in [5.41, 5.74) is 0.229. The fourth-order valence-corrected chi connectivity index (χ4v) is 1.14. The smallest absolute Gasteiger partial charge is 0.417 e. The van der Waals surface area contributed by atoms with Crippen molar-refractivity contribution in [2.24, 2.45) is 0 Å². The number of hydrogen-bond donors (Lipinski definition) is 1. The van der Waals surface area contributed by atoms with Crippen molar-refractivity contribution < 1.29 is 32.5 Å². The minimum Gasteiger partial charge on any atom is -0.493 e. The third-order valence-corrected chi connectivity index (χ3v) is 2.10. The van der Waals surface area contributed by atoms with Crippen LogP contribution in [-0.4, -0.2) is 37.4 Å². The molecule has 1 aromatic rings. The zero-order chi connectivity index (χ0) is 13.8. The van der Waals surface area contributed by atoms with Gasteiger partial charge in [0.25, 0.3) is 0 Å². The van der Waals surface area contributed by atoms with Crippen molar-refractivity contribution in [3.05, 3.63) is 23.8 Å². The molecule has 100 valence electrons. The number of hydrogen-bond acceptors (Lipinski definition) is 4. The molecule has 1 N–H and O–H groups in total. The molecule has 0 saturated heterocycles. The first kappa shape index (κ1) is 14.3. The summed E-state index contributed by atoms with van der Waals surface area (Å²) >= 11 is 0. The molecule has 0 amide bonds. The molecule has 1 atom stereocenters. The summed E-state index contributed by atoms with van der Waals surface area (Å²) in [6.07, 6.45) is -6.83. The quantitative estimate of drug-likeness (QED) is 0.824. The molecule has 0 heterocycles. The van der Waals surface area contributed by atoms with Crippen molar-refractivity contribution in [2.75, 3.05) is 13.7 Å². The SMILES string of the molecule is COc1ccc(C=O)cc1OCC(O)C(F)(F)F. The van der Waals surface area contributed by atoms with E-state index in [1.165, 1.54) is 25.3 Å². The van der Waals surface area contributed by atoms with Crippen LogP contribution in [0.1, 0.15) is 10.4 Å². The molecular formula is C11H11F3O4. The Balaban J connectivity index is 2.80. The maximum atomic E-state index is 12.1. The Labute approximate surface area is 101 Å². The average Bonchev–Trinajstić information content (AvgIpc) is 2.34. The molecule has 0 spiro atoms. The molecule has 1 rings (SSSR count). The lowest BCUT2D eigenvalue weighted by Crippen LogP contribution is -2.34. The van der Waals surface area contributed by atoms with Gasteiger partial charge in [-0.2, -0.15) is 13.2 Å². The van der Waals surface area contributed by atoms with Crippen molar-refractivity contribution in [3.8, 4) is 11.5 Å². The van der Waals surface area contributed by atoms with Crippen molar-refractivity contribution in [1.82, 2.24) is 0 Å². The molecule has 0 saturated carbocycles. The van der Waals surface area contributed by atoms with Crippen molar-refractivity contribution in [1.29, 1.82) is 0 Å². The summed E-state index contributed by atoms with van der Waals surface area (Å²) in [7, 11) is 1.31. The van der Waals surface area contributed by atoms with E-state index in [-0.39, 0.29) is 17.1 Å². The van der Waals surface area contributed by atoms with Crippen LogP contribution in [0.5, 0.6) is 11.5 Å². The third kappa shape index (κ3) is 3.63. The van der Waals surface area contributed by atoms with Crippen molar-refractivity contribution >= 4 is 6.29 Å². The first-order chi connectivity index (χ1) is 8.38. The van der Waals surface area contributed by atoms with E-state index in [2.05, 4.69) is 0 Å². The highest BCUT2D eigenvalue weighted by Gasteiger charge is 2.38. The summed E-state index contributed by atoms with van der Waals surface area (Å²) in [5.74, 6) is 0.139. The Morgan fingerprint density at radius 1 is 1.39 bits per heavy atom. The summed E-state index contributed by atoms with van der Waals surface area (Å²) < 4.78 is 45.9. The van der Waals surface area contributed by atoms with Crippen LogP contribution in [0.3, 0.4) is 0 Å². The highest BCUT2D eigenvalue weighted by atomic mass is 19.4. The van der Waals surface area contributed by atoms with E-state index in [1.807, 2.05) is 0 Å². The first-order valence-electron chi connectivity index (χ1n) is 4.89. The topological polar surface area (TPSA) is 55.8 Å². The average molecular weight is 264 g/mol. The number of alkyl halides is 3. The van der Waals surface area contributed by atoms with Gasteiger partial charge in [-0.3, -0.25) is 4.79 Å². The van der Waals surface area contributed by atoms with Crippen LogP contribution in [0.25, 0.3) is 0 Å². The maximum absolute atomic E-state index is 12.1. The van der Waals surface area contributed by atoms with Gasteiger partial charge in [-0.15, -0.1) is 0 Å². The Bertz CT molecular complexity index is 417. The molecule has 0 aromatic heterocycles. The number of aliphatic hydroxyl groups is 1. The molecule has 1 aromatic carbocycles. The lowest BCUT2D eigenvalue weighted by atomic mass is 10.2.